The lowest BCUT2D eigenvalue weighted by molar-refractivity contribution is -0.154. The number of hydrogen-bond donors (Lipinski definition) is 1. The number of carbonyl (C=O) groups is 2. The fourth-order valence-electron chi connectivity index (χ4n) is 5.03. The van der Waals surface area contributed by atoms with Crippen molar-refractivity contribution in [3.05, 3.63) is 42.2 Å². The van der Waals surface area contributed by atoms with Crippen molar-refractivity contribution < 1.29 is 22.7 Å². The summed E-state index contributed by atoms with van der Waals surface area (Å²) in [7, 11) is -2.44. The number of imidazole rings is 1. The summed E-state index contributed by atoms with van der Waals surface area (Å²) >= 11 is 0. The van der Waals surface area contributed by atoms with Crippen LogP contribution in [0.15, 0.2) is 41.8 Å². The largest absolute Gasteiger partial charge is 0.450 e. The molecule has 0 radical (unpaired) electrons. The Labute approximate surface area is 202 Å². The fourth-order valence-corrected chi connectivity index (χ4v) is 6.09. The van der Waals surface area contributed by atoms with E-state index in [-0.39, 0.29) is 10.9 Å². The number of cyclic esters (lactones) is 1. The Morgan fingerprint density at radius 2 is 1.82 bits per heavy atom. The third-order valence-corrected chi connectivity index (χ3v) is 8.17. The number of ketones is 1. The van der Waals surface area contributed by atoms with Crippen molar-refractivity contribution in [2.75, 3.05) is 11.4 Å². The number of nitrogens with one attached hydrogen (secondary N) is 1. The van der Waals surface area contributed by atoms with Crippen LogP contribution in [-0.4, -0.2) is 42.8 Å². The third-order valence-electron chi connectivity index (χ3n) is 6.53. The molecule has 1 N–H and O–H groups in total. The number of carbonyl (C=O) groups excluding carboxylic acids is 2. The molecule has 9 heteroatoms. The second-order valence-electron chi connectivity index (χ2n) is 10.1. The zero-order valence-electron chi connectivity index (χ0n) is 20.8. The number of sulfonamides is 1. The first-order valence-electron chi connectivity index (χ1n) is 11.7. The number of ether oxygens (including phenoxy) is 1. The molecule has 1 aliphatic rings. The summed E-state index contributed by atoms with van der Waals surface area (Å²) in [6.07, 6.45) is 5.30. The molecule has 8 nitrogen and oxygen atoms in total. The lowest BCUT2D eigenvalue weighted by Gasteiger charge is -2.34. The number of hydrogen-bond acceptors (Lipinski definition) is 6. The zero-order chi connectivity index (χ0) is 25.3. The van der Waals surface area contributed by atoms with Crippen LogP contribution in [0.25, 0.3) is 0 Å². The Bertz CT molecular complexity index is 1130. The van der Waals surface area contributed by atoms with E-state index in [1.807, 2.05) is 40.7 Å². The lowest BCUT2D eigenvalue weighted by atomic mass is 9.66. The standard InChI is InChI=1S/C25H35N3O5S/c1-7-12-25(13-8-2)21(29)19(22(30)33-25)20(24(3,4)5)17-10-9-11-18(16-17)28(6)34(31,32)23-26-14-15-27-23/h9-11,14-16,19-20H,7-8,12-13H2,1-6H3,(H,26,27). The van der Waals surface area contributed by atoms with Crippen molar-refractivity contribution in [2.24, 2.45) is 11.3 Å². The topological polar surface area (TPSA) is 109 Å². The van der Waals surface area contributed by atoms with Crippen LogP contribution in [0.1, 0.15) is 71.8 Å². The Morgan fingerprint density at radius 3 is 2.35 bits per heavy atom. The quantitative estimate of drug-likeness (QED) is 0.412. The van der Waals surface area contributed by atoms with Crippen LogP contribution >= 0.6 is 0 Å². The van der Waals surface area contributed by atoms with Gasteiger partial charge >= 0.3 is 5.97 Å². The van der Waals surface area contributed by atoms with Crippen molar-refractivity contribution in [1.29, 1.82) is 0 Å². The normalized spacial score (nSPS) is 19.2. The number of esters is 1. The van der Waals surface area contributed by atoms with Crippen molar-refractivity contribution >= 4 is 27.5 Å². The lowest BCUT2D eigenvalue weighted by Crippen LogP contribution is -2.40. The van der Waals surface area contributed by atoms with Gasteiger partial charge in [0.2, 0.25) is 5.16 Å². The average Bonchev–Trinajstić information content (AvgIpc) is 3.38. The van der Waals surface area contributed by atoms with E-state index >= 15 is 0 Å². The molecule has 2 aromatic rings. The maximum Gasteiger partial charge on any atom is 0.318 e. The van der Waals surface area contributed by atoms with E-state index in [9.17, 15) is 18.0 Å². The van der Waals surface area contributed by atoms with Gasteiger partial charge in [-0.2, -0.15) is 8.42 Å². The maximum atomic E-state index is 13.7. The van der Waals surface area contributed by atoms with Gasteiger partial charge in [-0.1, -0.05) is 59.6 Å². The second-order valence-corrected chi connectivity index (χ2v) is 11.9. The molecule has 0 bridgehead atoms. The molecule has 1 aromatic carbocycles. The minimum Gasteiger partial charge on any atom is -0.450 e. The molecule has 2 atom stereocenters. The molecule has 1 fully saturated rings. The summed E-state index contributed by atoms with van der Waals surface area (Å²) < 4.78 is 32.9. The summed E-state index contributed by atoms with van der Waals surface area (Å²) in [4.78, 5) is 33.4. The van der Waals surface area contributed by atoms with Crippen LogP contribution < -0.4 is 4.31 Å². The summed E-state index contributed by atoms with van der Waals surface area (Å²) in [6, 6.07) is 6.99. The zero-order valence-corrected chi connectivity index (χ0v) is 21.6. The van der Waals surface area contributed by atoms with Gasteiger partial charge in [-0.25, -0.2) is 4.98 Å². The first-order valence-corrected chi connectivity index (χ1v) is 13.2. The monoisotopic (exact) mass is 489 g/mol. The van der Waals surface area contributed by atoms with E-state index in [1.165, 1.54) is 19.4 Å². The van der Waals surface area contributed by atoms with Crippen molar-refractivity contribution in [2.45, 2.75) is 77.0 Å². The van der Waals surface area contributed by atoms with E-state index in [0.29, 0.717) is 24.1 Å². The summed E-state index contributed by atoms with van der Waals surface area (Å²) in [5, 5.41) is -0.161. The molecule has 34 heavy (non-hydrogen) atoms. The highest BCUT2D eigenvalue weighted by Gasteiger charge is 2.58. The van der Waals surface area contributed by atoms with Crippen LogP contribution in [0, 0.1) is 11.3 Å². The minimum absolute atomic E-state index is 0.161. The summed E-state index contributed by atoms with van der Waals surface area (Å²) in [6.45, 7) is 9.90. The molecule has 0 aliphatic carbocycles. The fraction of sp³-hybridized carbons (Fsp3) is 0.560. The first kappa shape index (κ1) is 25.9. The Hall–Kier alpha value is -2.68. The van der Waals surface area contributed by atoms with Gasteiger partial charge in [-0.05, 0) is 36.0 Å². The predicted octanol–water partition coefficient (Wildman–Crippen LogP) is 4.45. The van der Waals surface area contributed by atoms with E-state index in [2.05, 4.69) is 9.97 Å². The number of nitrogens with zero attached hydrogens (tertiary/aromatic N) is 2. The smallest absolute Gasteiger partial charge is 0.318 e. The second kappa shape index (κ2) is 9.52. The highest BCUT2D eigenvalue weighted by atomic mass is 32.2. The van der Waals surface area contributed by atoms with E-state index < -0.39 is 38.8 Å². The number of aromatic amines is 1. The molecule has 0 spiro atoms. The Balaban J connectivity index is 2.05. The summed E-state index contributed by atoms with van der Waals surface area (Å²) in [5.74, 6) is -2.08. The number of anilines is 1. The molecule has 0 saturated carbocycles. The molecule has 186 valence electrons. The van der Waals surface area contributed by atoms with E-state index in [4.69, 9.17) is 4.74 Å². The summed E-state index contributed by atoms with van der Waals surface area (Å²) in [5.41, 5.74) is -0.419. The third kappa shape index (κ3) is 4.62. The van der Waals surface area contributed by atoms with Crippen molar-refractivity contribution in [3.63, 3.8) is 0 Å². The van der Waals surface area contributed by atoms with Gasteiger partial charge < -0.3 is 9.72 Å². The van der Waals surface area contributed by atoms with Gasteiger partial charge in [0.05, 0.1) is 5.69 Å². The van der Waals surface area contributed by atoms with Gasteiger partial charge in [-0.3, -0.25) is 13.9 Å². The Kier molecular flexibility index (Phi) is 7.26. The number of H-pyrrole nitrogens is 1. The molecular weight excluding hydrogens is 454 g/mol. The van der Waals surface area contributed by atoms with E-state index in [0.717, 1.165) is 17.1 Å². The van der Waals surface area contributed by atoms with Gasteiger partial charge in [0.15, 0.2) is 11.4 Å². The molecule has 1 aliphatic heterocycles. The number of benzene rings is 1. The molecule has 1 aromatic heterocycles. The Morgan fingerprint density at radius 1 is 1.18 bits per heavy atom. The van der Waals surface area contributed by atoms with Gasteiger partial charge in [-0.15, -0.1) is 0 Å². The molecule has 2 unspecified atom stereocenters. The first-order chi connectivity index (χ1) is 15.9. The van der Waals surface area contributed by atoms with Crippen molar-refractivity contribution in [3.8, 4) is 0 Å². The highest BCUT2D eigenvalue weighted by molar-refractivity contribution is 7.92. The maximum absolute atomic E-state index is 13.7. The van der Waals surface area contributed by atoms with Crippen LogP contribution in [-0.2, 0) is 24.3 Å². The molecule has 0 amide bonds. The number of aromatic nitrogens is 2. The van der Waals surface area contributed by atoms with Crippen LogP contribution in [0.5, 0.6) is 0 Å². The molecule has 2 heterocycles. The van der Waals surface area contributed by atoms with Crippen molar-refractivity contribution in [1.82, 2.24) is 9.97 Å². The minimum atomic E-state index is -3.89. The average molecular weight is 490 g/mol. The van der Waals surface area contributed by atoms with Gasteiger partial charge in [0, 0.05) is 25.4 Å². The van der Waals surface area contributed by atoms with Crippen LogP contribution in [0.2, 0.25) is 0 Å². The van der Waals surface area contributed by atoms with Crippen LogP contribution in [0.4, 0.5) is 5.69 Å². The number of rotatable bonds is 9. The molecule has 3 rings (SSSR count). The predicted molar refractivity (Wildman–Crippen MR) is 130 cm³/mol. The van der Waals surface area contributed by atoms with Crippen LogP contribution in [0.3, 0.4) is 0 Å². The number of Topliss-reactive ketones (excluding diaryl/α,β-unsaturated/α-hetero) is 1. The van der Waals surface area contributed by atoms with Gasteiger partial charge in [0.25, 0.3) is 10.0 Å². The molecule has 1 saturated heterocycles. The molecular formula is C25H35N3O5S. The highest BCUT2D eigenvalue weighted by Crippen LogP contribution is 2.49. The van der Waals surface area contributed by atoms with E-state index in [1.54, 1.807) is 18.2 Å². The SMILES string of the molecule is CCCC1(CCC)OC(=O)C(C(c2cccc(N(C)S(=O)(=O)c3ncc[nH]3)c2)C(C)(C)C)C1=O. The van der Waals surface area contributed by atoms with Gasteiger partial charge in [0.1, 0.15) is 5.92 Å².